The number of amides is 5. The quantitative estimate of drug-likeness (QED) is 0.100. The summed E-state index contributed by atoms with van der Waals surface area (Å²) in [4.78, 5) is 79.6. The van der Waals surface area contributed by atoms with Crippen LogP contribution >= 0.6 is 11.3 Å². The second kappa shape index (κ2) is 25.2. The van der Waals surface area contributed by atoms with Crippen LogP contribution in [0.3, 0.4) is 0 Å². The number of likely N-dealkylation sites (N-methyl/N-ethyl adjacent to an activating group) is 2. The number of likely N-dealkylation sites (tertiary alicyclic amines) is 1. The molecule has 15 heteroatoms. The van der Waals surface area contributed by atoms with Crippen molar-refractivity contribution in [2.24, 2.45) is 23.7 Å². The second-order valence-corrected chi connectivity index (χ2v) is 19.2. The van der Waals surface area contributed by atoms with Crippen LogP contribution in [0.1, 0.15) is 102 Å². The summed E-state index contributed by atoms with van der Waals surface area (Å²) < 4.78 is 17.7. The smallest absolute Gasteiger partial charge is 0.410 e. The topological polar surface area (TPSA) is 160 Å². The van der Waals surface area contributed by atoms with E-state index in [2.05, 4.69) is 15.6 Å². The predicted molar refractivity (Wildman–Crippen MR) is 254 cm³/mol. The molecule has 1 fully saturated rings. The van der Waals surface area contributed by atoms with E-state index in [9.17, 15) is 24.0 Å². The second-order valence-electron chi connectivity index (χ2n) is 18.3. The van der Waals surface area contributed by atoms with Gasteiger partial charge in [-0.3, -0.25) is 24.1 Å². The highest BCUT2D eigenvalue weighted by atomic mass is 32.1. The van der Waals surface area contributed by atoms with E-state index in [4.69, 9.17) is 14.2 Å². The van der Waals surface area contributed by atoms with Gasteiger partial charge in [0.1, 0.15) is 23.7 Å². The van der Waals surface area contributed by atoms with Gasteiger partial charge in [0.15, 0.2) is 0 Å². The van der Waals surface area contributed by atoms with Crippen LogP contribution in [-0.4, -0.2) is 121 Å². The lowest BCUT2D eigenvalue weighted by molar-refractivity contribution is -0.148. The number of aryl methyl sites for hydroxylation is 1. The first-order chi connectivity index (χ1) is 30.9. The van der Waals surface area contributed by atoms with E-state index in [1.807, 2.05) is 120 Å². The van der Waals surface area contributed by atoms with Crippen molar-refractivity contribution in [3.8, 4) is 0 Å². The van der Waals surface area contributed by atoms with Gasteiger partial charge in [-0.1, -0.05) is 115 Å². The molecule has 358 valence electrons. The van der Waals surface area contributed by atoms with Gasteiger partial charge in [-0.2, -0.15) is 0 Å². The van der Waals surface area contributed by atoms with E-state index in [-0.39, 0.29) is 60.6 Å². The third-order valence-electron chi connectivity index (χ3n) is 12.9. The Balaban J connectivity index is 1.47. The Kier molecular flexibility index (Phi) is 20.4. The molecule has 65 heavy (non-hydrogen) atoms. The van der Waals surface area contributed by atoms with Gasteiger partial charge >= 0.3 is 6.09 Å². The zero-order valence-corrected chi connectivity index (χ0v) is 41.4. The SMILES string of the molecule is CCC(C)C(C(CC(=O)N1CCCC1C(OC)C(C)C(=O)NC(Cc1ccccc1)c1nccs1)OC)N(C)C(=O)C(NC(=O)C(C(C)C)N(C)C(=O)OCc1ccc(C)cc1)C(C)C. The summed E-state index contributed by atoms with van der Waals surface area (Å²) in [6, 6.07) is 14.6. The fourth-order valence-electron chi connectivity index (χ4n) is 9.01. The Morgan fingerprint density at radius 1 is 0.862 bits per heavy atom. The summed E-state index contributed by atoms with van der Waals surface area (Å²) in [6.07, 6.45) is 2.49. The molecule has 2 N–H and O–H groups in total. The number of hydrogen-bond donors (Lipinski definition) is 2. The predicted octanol–water partition coefficient (Wildman–Crippen LogP) is 7.21. The van der Waals surface area contributed by atoms with E-state index >= 15 is 0 Å². The van der Waals surface area contributed by atoms with Gasteiger partial charge in [0.25, 0.3) is 0 Å². The Bertz CT molecular complexity index is 1960. The number of nitrogens with zero attached hydrogens (tertiary/aromatic N) is 4. The van der Waals surface area contributed by atoms with Crippen molar-refractivity contribution in [3.63, 3.8) is 0 Å². The lowest BCUT2D eigenvalue weighted by Crippen LogP contribution is -2.60. The Morgan fingerprint density at radius 2 is 1.54 bits per heavy atom. The van der Waals surface area contributed by atoms with Gasteiger partial charge < -0.3 is 34.6 Å². The molecule has 0 aliphatic carbocycles. The van der Waals surface area contributed by atoms with E-state index in [1.165, 1.54) is 23.3 Å². The van der Waals surface area contributed by atoms with Crippen molar-refractivity contribution in [2.45, 2.75) is 137 Å². The zero-order chi connectivity index (χ0) is 48.0. The third-order valence-corrected chi connectivity index (χ3v) is 13.8. The molecule has 0 spiro atoms. The minimum Gasteiger partial charge on any atom is -0.445 e. The molecule has 1 saturated heterocycles. The maximum atomic E-state index is 14.6. The van der Waals surface area contributed by atoms with Gasteiger partial charge in [0, 0.05) is 46.4 Å². The molecule has 2 heterocycles. The summed E-state index contributed by atoms with van der Waals surface area (Å²) in [5, 5.41) is 8.92. The molecule has 9 unspecified atom stereocenters. The lowest BCUT2D eigenvalue weighted by Gasteiger charge is -2.41. The first-order valence-corrected chi connectivity index (χ1v) is 23.9. The number of thiazole rings is 1. The molecule has 4 rings (SSSR count). The zero-order valence-electron chi connectivity index (χ0n) is 40.6. The minimum atomic E-state index is -0.938. The fourth-order valence-corrected chi connectivity index (χ4v) is 9.70. The maximum Gasteiger partial charge on any atom is 0.410 e. The van der Waals surface area contributed by atoms with Gasteiger partial charge in [0.05, 0.1) is 42.7 Å². The van der Waals surface area contributed by atoms with E-state index in [0.717, 1.165) is 28.1 Å². The van der Waals surface area contributed by atoms with Gasteiger partial charge in [-0.15, -0.1) is 11.3 Å². The summed E-state index contributed by atoms with van der Waals surface area (Å²) >= 11 is 1.49. The molecular formula is C50H74N6O8S. The number of carbonyl (C=O) groups is 5. The highest BCUT2D eigenvalue weighted by Gasteiger charge is 2.44. The molecule has 3 aromatic rings. The van der Waals surface area contributed by atoms with Gasteiger partial charge in [0.2, 0.25) is 23.6 Å². The van der Waals surface area contributed by atoms with E-state index < -0.39 is 48.3 Å². The lowest BCUT2D eigenvalue weighted by atomic mass is 9.89. The molecule has 1 aromatic heterocycles. The summed E-state index contributed by atoms with van der Waals surface area (Å²) in [6.45, 7) is 15.8. The van der Waals surface area contributed by atoms with E-state index in [1.54, 1.807) is 32.4 Å². The first-order valence-electron chi connectivity index (χ1n) is 23.0. The summed E-state index contributed by atoms with van der Waals surface area (Å²) in [7, 11) is 6.36. The largest absolute Gasteiger partial charge is 0.445 e. The van der Waals surface area contributed by atoms with Crippen molar-refractivity contribution < 1.29 is 38.2 Å². The molecule has 2 aromatic carbocycles. The monoisotopic (exact) mass is 919 g/mol. The molecule has 0 radical (unpaired) electrons. The average molecular weight is 919 g/mol. The highest BCUT2D eigenvalue weighted by Crippen LogP contribution is 2.31. The minimum absolute atomic E-state index is 0.0105. The molecule has 9 atom stereocenters. The number of methoxy groups -OCH3 is 2. The molecular weight excluding hydrogens is 845 g/mol. The average Bonchev–Trinajstić information content (AvgIpc) is 4.01. The number of aromatic nitrogens is 1. The standard InChI is InChI=1S/C50H74N6O8S/c1-13-34(7)44(54(9)49(60)42(31(2)3)53-47(59)43(32(4)5)55(10)50(61)64-30-37-23-21-33(6)22-24-37)40(62-11)29-41(57)56-26-17-20-39(56)45(63-12)35(8)46(58)52-38(48-51-25-27-65-48)28-36-18-15-14-16-19-36/h14-16,18-19,21-25,27,31-32,34-35,38-40,42-45H,13,17,20,26,28-30H2,1-12H3,(H,52,58)(H,53,59). The molecule has 14 nitrogen and oxygen atoms in total. The van der Waals surface area contributed by atoms with Crippen LogP contribution in [0.15, 0.2) is 66.2 Å². The van der Waals surface area contributed by atoms with Crippen molar-refractivity contribution in [2.75, 3.05) is 34.9 Å². The number of carbonyl (C=O) groups excluding carboxylic acids is 5. The van der Waals surface area contributed by atoms with Gasteiger partial charge in [-0.05, 0) is 55.1 Å². The Morgan fingerprint density at radius 3 is 2.11 bits per heavy atom. The van der Waals surface area contributed by atoms with Crippen LogP contribution in [0.25, 0.3) is 0 Å². The molecule has 0 saturated carbocycles. The van der Waals surface area contributed by atoms with Crippen molar-refractivity contribution >= 4 is 41.1 Å². The number of benzene rings is 2. The maximum absolute atomic E-state index is 14.6. The Hall–Kier alpha value is -4.86. The number of ether oxygens (including phenoxy) is 3. The summed E-state index contributed by atoms with van der Waals surface area (Å²) in [5.74, 6) is -2.43. The highest BCUT2D eigenvalue weighted by molar-refractivity contribution is 7.09. The fraction of sp³-hybridized carbons (Fsp3) is 0.600. The van der Waals surface area contributed by atoms with Crippen LogP contribution < -0.4 is 10.6 Å². The summed E-state index contributed by atoms with van der Waals surface area (Å²) in [5.41, 5.74) is 3.00. The van der Waals surface area contributed by atoms with Gasteiger partial charge in [-0.25, -0.2) is 9.78 Å². The molecule has 1 aliphatic heterocycles. The molecule has 0 bridgehead atoms. The number of hydrogen-bond acceptors (Lipinski definition) is 10. The van der Waals surface area contributed by atoms with Crippen LogP contribution in [0, 0.1) is 30.6 Å². The third kappa shape index (κ3) is 14.1. The normalized spacial score (nSPS) is 17.6. The molecule has 5 amide bonds. The van der Waals surface area contributed by atoms with Crippen LogP contribution in [0.2, 0.25) is 0 Å². The van der Waals surface area contributed by atoms with Crippen molar-refractivity contribution in [1.29, 1.82) is 0 Å². The number of nitrogens with one attached hydrogen (secondary N) is 2. The first kappa shape index (κ1) is 52.8. The van der Waals surface area contributed by atoms with E-state index in [0.29, 0.717) is 25.8 Å². The van der Waals surface area contributed by atoms with Crippen molar-refractivity contribution in [3.05, 3.63) is 87.9 Å². The molecule has 1 aliphatic rings. The van der Waals surface area contributed by atoms with Crippen LogP contribution in [-0.2, 0) is 46.4 Å². The Labute approximate surface area is 391 Å². The van der Waals surface area contributed by atoms with Crippen LogP contribution in [0.5, 0.6) is 0 Å². The number of rotatable bonds is 23. The van der Waals surface area contributed by atoms with Crippen molar-refractivity contribution in [1.82, 2.24) is 30.3 Å². The van der Waals surface area contributed by atoms with Crippen LogP contribution in [0.4, 0.5) is 4.79 Å².